The van der Waals surface area contributed by atoms with Crippen molar-refractivity contribution in [3.05, 3.63) is 0 Å². The number of sulfone groups is 1. The van der Waals surface area contributed by atoms with E-state index in [0.717, 1.165) is 11.3 Å². The van der Waals surface area contributed by atoms with E-state index >= 15 is 0 Å². The Morgan fingerprint density at radius 1 is 1.29 bits per heavy atom. The molecule has 0 aromatic carbocycles. The van der Waals surface area contributed by atoms with Gasteiger partial charge in [-0.2, -0.15) is 0 Å². The van der Waals surface area contributed by atoms with Gasteiger partial charge in [-0.05, 0) is 0 Å². The number of carbonyl (C=O) groups is 1. The zero-order valence-electron chi connectivity index (χ0n) is 10.0. The number of rotatable bonds is 3. The van der Waals surface area contributed by atoms with Crippen LogP contribution in [0, 0.1) is 0 Å². The molecule has 17 heavy (non-hydrogen) atoms. The molecule has 96 valence electrons. The summed E-state index contributed by atoms with van der Waals surface area (Å²) in [6.45, 7) is 1.53. The Kier molecular flexibility index (Phi) is 4.04. The number of aromatic nitrogens is 2. The predicted octanol–water partition coefficient (Wildman–Crippen LogP) is 0.450. The maximum Gasteiger partial charge on any atom is 0.325 e. The molecule has 2 amide bonds. The zero-order valence-corrected chi connectivity index (χ0v) is 11.7. The number of hydrogen-bond donors (Lipinski definition) is 0. The molecule has 0 fully saturated rings. The molecule has 1 heterocycles. The van der Waals surface area contributed by atoms with Gasteiger partial charge >= 0.3 is 6.03 Å². The molecule has 1 aromatic rings. The lowest BCUT2D eigenvalue weighted by Gasteiger charge is -2.18. The molecule has 0 atom stereocenters. The normalized spacial score (nSPS) is 11.3. The molecule has 0 aliphatic heterocycles. The van der Waals surface area contributed by atoms with Gasteiger partial charge in [-0.25, -0.2) is 13.2 Å². The summed E-state index contributed by atoms with van der Waals surface area (Å²) >= 11 is 0.886. The summed E-state index contributed by atoms with van der Waals surface area (Å²) in [4.78, 5) is 14.2. The highest BCUT2D eigenvalue weighted by Crippen LogP contribution is 2.23. The molecular formula is C8H14N4O3S2. The Bertz CT molecular complexity index is 509. The average molecular weight is 278 g/mol. The molecule has 0 unspecified atom stereocenters. The fraction of sp³-hybridized carbons (Fsp3) is 0.625. The molecule has 0 N–H and O–H groups in total. The van der Waals surface area contributed by atoms with Crippen LogP contribution in [0.15, 0.2) is 4.34 Å². The largest absolute Gasteiger partial charge is 0.330 e. The van der Waals surface area contributed by atoms with Crippen molar-refractivity contribution in [3.63, 3.8) is 0 Å². The Labute approximate surface area is 104 Å². The van der Waals surface area contributed by atoms with Gasteiger partial charge in [0.1, 0.15) is 0 Å². The number of anilines is 1. The second kappa shape index (κ2) is 4.96. The standard InChI is InChI=1S/C8H14N4O3S2/c1-5-17(14,15)7-10-9-6(16-7)12(4)8(13)11(2)3/h5H2,1-4H3. The van der Waals surface area contributed by atoms with Gasteiger partial charge < -0.3 is 4.90 Å². The van der Waals surface area contributed by atoms with Gasteiger partial charge in [0.15, 0.2) is 0 Å². The smallest absolute Gasteiger partial charge is 0.325 e. The summed E-state index contributed by atoms with van der Waals surface area (Å²) in [5.74, 6) is -0.0347. The maximum atomic E-state index is 11.6. The van der Waals surface area contributed by atoms with Crippen molar-refractivity contribution in [1.29, 1.82) is 0 Å². The van der Waals surface area contributed by atoms with Crippen LogP contribution in [0.25, 0.3) is 0 Å². The molecule has 0 aliphatic carbocycles. The zero-order chi connectivity index (χ0) is 13.2. The van der Waals surface area contributed by atoms with Crippen LogP contribution in [0.2, 0.25) is 0 Å². The van der Waals surface area contributed by atoms with Crippen LogP contribution in [0.4, 0.5) is 9.93 Å². The highest BCUT2D eigenvalue weighted by Gasteiger charge is 2.22. The SMILES string of the molecule is CCS(=O)(=O)c1nnc(N(C)C(=O)N(C)C)s1. The lowest BCUT2D eigenvalue weighted by Crippen LogP contribution is -2.36. The van der Waals surface area contributed by atoms with Crippen LogP contribution >= 0.6 is 11.3 Å². The van der Waals surface area contributed by atoms with E-state index in [-0.39, 0.29) is 21.3 Å². The Morgan fingerprint density at radius 2 is 1.88 bits per heavy atom. The summed E-state index contributed by atoms with van der Waals surface area (Å²) in [5, 5.41) is 7.55. The van der Waals surface area contributed by atoms with Crippen molar-refractivity contribution in [2.45, 2.75) is 11.3 Å². The molecule has 1 rings (SSSR count). The van der Waals surface area contributed by atoms with E-state index in [0.29, 0.717) is 0 Å². The summed E-state index contributed by atoms with van der Waals surface area (Å²) < 4.78 is 23.0. The molecule has 1 aromatic heterocycles. The third-order valence-corrected chi connectivity index (χ3v) is 5.18. The monoisotopic (exact) mass is 278 g/mol. The molecule has 0 bridgehead atoms. The van der Waals surface area contributed by atoms with Crippen LogP contribution in [0.1, 0.15) is 6.92 Å². The predicted molar refractivity (Wildman–Crippen MR) is 65.1 cm³/mol. The van der Waals surface area contributed by atoms with Gasteiger partial charge in [-0.3, -0.25) is 4.90 Å². The Morgan fingerprint density at radius 3 is 2.35 bits per heavy atom. The molecule has 0 spiro atoms. The topological polar surface area (TPSA) is 83.5 Å². The molecule has 7 nitrogen and oxygen atoms in total. The minimum Gasteiger partial charge on any atom is -0.330 e. The van der Waals surface area contributed by atoms with Gasteiger partial charge in [0.05, 0.1) is 5.75 Å². The molecular weight excluding hydrogens is 264 g/mol. The van der Waals surface area contributed by atoms with Crippen molar-refractivity contribution < 1.29 is 13.2 Å². The van der Waals surface area contributed by atoms with Gasteiger partial charge in [-0.15, -0.1) is 10.2 Å². The lowest BCUT2D eigenvalue weighted by molar-refractivity contribution is 0.225. The first kappa shape index (κ1) is 13.8. The van der Waals surface area contributed by atoms with Gasteiger partial charge in [0.2, 0.25) is 19.3 Å². The van der Waals surface area contributed by atoms with Gasteiger partial charge in [0.25, 0.3) is 0 Å². The second-order valence-electron chi connectivity index (χ2n) is 3.49. The molecule has 0 radical (unpaired) electrons. The third kappa shape index (κ3) is 2.91. The van der Waals surface area contributed by atoms with Crippen molar-refractivity contribution >= 4 is 32.3 Å². The molecule has 0 aliphatic rings. The van der Waals surface area contributed by atoms with Crippen molar-refractivity contribution in [3.8, 4) is 0 Å². The van der Waals surface area contributed by atoms with Crippen LogP contribution in [-0.2, 0) is 9.84 Å². The van der Waals surface area contributed by atoms with E-state index in [9.17, 15) is 13.2 Å². The lowest BCUT2D eigenvalue weighted by atomic mass is 10.7. The molecule has 0 saturated carbocycles. The van der Waals surface area contributed by atoms with Crippen LogP contribution < -0.4 is 4.90 Å². The van der Waals surface area contributed by atoms with Crippen molar-refractivity contribution in [1.82, 2.24) is 15.1 Å². The first-order valence-electron chi connectivity index (χ1n) is 4.81. The number of hydrogen-bond acceptors (Lipinski definition) is 6. The summed E-state index contributed by atoms with van der Waals surface area (Å²) in [6.07, 6.45) is 0. The summed E-state index contributed by atoms with van der Waals surface area (Å²) in [6, 6.07) is -0.290. The van der Waals surface area contributed by atoms with Crippen LogP contribution in [0.3, 0.4) is 0 Å². The van der Waals surface area contributed by atoms with Crippen LogP contribution in [-0.4, -0.2) is 56.4 Å². The molecule has 9 heteroatoms. The number of nitrogens with zero attached hydrogens (tertiary/aromatic N) is 4. The van der Waals surface area contributed by atoms with Crippen molar-refractivity contribution in [2.75, 3.05) is 31.8 Å². The quantitative estimate of drug-likeness (QED) is 0.750. The van der Waals surface area contributed by atoms with Crippen LogP contribution in [0.5, 0.6) is 0 Å². The van der Waals surface area contributed by atoms with Crippen molar-refractivity contribution in [2.24, 2.45) is 0 Å². The number of carbonyl (C=O) groups excluding carboxylic acids is 1. The number of urea groups is 1. The Balaban J connectivity index is 3.00. The van der Waals surface area contributed by atoms with E-state index in [2.05, 4.69) is 10.2 Å². The summed E-state index contributed by atoms with van der Waals surface area (Å²) in [7, 11) is 1.36. The third-order valence-electron chi connectivity index (χ3n) is 2.00. The fourth-order valence-corrected chi connectivity index (χ4v) is 3.00. The van der Waals surface area contributed by atoms with E-state index in [1.807, 2.05) is 0 Å². The summed E-state index contributed by atoms with van der Waals surface area (Å²) in [5.41, 5.74) is 0. The highest BCUT2D eigenvalue weighted by atomic mass is 32.2. The molecule has 0 saturated heterocycles. The fourth-order valence-electron chi connectivity index (χ4n) is 0.969. The van der Waals surface area contributed by atoms with Gasteiger partial charge in [-0.1, -0.05) is 18.3 Å². The Hall–Kier alpha value is -1.22. The van der Waals surface area contributed by atoms with E-state index in [1.54, 1.807) is 14.1 Å². The van der Waals surface area contributed by atoms with E-state index < -0.39 is 9.84 Å². The first-order valence-corrected chi connectivity index (χ1v) is 7.27. The number of amides is 2. The first-order chi connectivity index (χ1) is 7.79. The van der Waals surface area contributed by atoms with Gasteiger partial charge in [0, 0.05) is 21.1 Å². The maximum absolute atomic E-state index is 11.6. The second-order valence-corrected chi connectivity index (χ2v) is 6.90. The van der Waals surface area contributed by atoms with E-state index in [4.69, 9.17) is 0 Å². The highest BCUT2D eigenvalue weighted by molar-refractivity contribution is 7.93. The van der Waals surface area contributed by atoms with E-state index in [1.165, 1.54) is 23.8 Å². The minimum absolute atomic E-state index is 0.0347. The average Bonchev–Trinajstić information content (AvgIpc) is 2.76. The minimum atomic E-state index is -3.36.